The quantitative estimate of drug-likeness (QED) is 0.472. The van der Waals surface area contributed by atoms with Gasteiger partial charge in [-0.2, -0.15) is 0 Å². The van der Waals surface area contributed by atoms with Crippen LogP contribution in [0.1, 0.15) is 80.6 Å². The molecule has 2 rings (SSSR count). The van der Waals surface area contributed by atoms with Crippen molar-refractivity contribution < 1.29 is 9.31 Å². The van der Waals surface area contributed by atoms with Gasteiger partial charge in [-0.3, -0.25) is 0 Å². The van der Waals surface area contributed by atoms with Gasteiger partial charge < -0.3 is 9.31 Å². The maximum atomic E-state index is 6.65. The molecular formula is C21H36BNO2S. The monoisotopic (exact) mass is 377 g/mol. The number of nitrogens with zero attached hydrogens (tertiary/aromatic N) is 1. The van der Waals surface area contributed by atoms with Gasteiger partial charge in [0.25, 0.3) is 0 Å². The standard InChI is InChI=1S/C21H36BNO2S/c1-8-20(7)21(9-2,10-3)25-22(24-20)18(12-11-16(4)5)15-19-13-14-26-17(6)23-19/h13,15-16H,8-12,14H2,1-7H3/b18-15+. The SMILES string of the molecule is CCC1(C)OB(/C(=C/C2=CCSC(C)=N2)CCC(C)C)OC1(CC)CC. The molecule has 0 N–H and O–H groups in total. The van der Waals surface area contributed by atoms with E-state index in [2.05, 4.69) is 60.6 Å². The Balaban J connectivity index is 2.32. The molecule has 0 radical (unpaired) electrons. The van der Waals surface area contributed by atoms with E-state index in [0.717, 1.165) is 48.6 Å². The fourth-order valence-electron chi connectivity index (χ4n) is 3.92. The molecule has 2 heterocycles. The first-order valence-corrected chi connectivity index (χ1v) is 11.2. The minimum atomic E-state index is -0.260. The number of rotatable bonds is 8. The van der Waals surface area contributed by atoms with Crippen molar-refractivity contribution in [1.29, 1.82) is 0 Å². The summed E-state index contributed by atoms with van der Waals surface area (Å²) in [5, 5.41) is 1.13. The van der Waals surface area contributed by atoms with Crippen LogP contribution in [-0.4, -0.2) is 29.1 Å². The molecular weight excluding hydrogens is 341 g/mol. The highest BCUT2D eigenvalue weighted by Crippen LogP contribution is 2.46. The summed E-state index contributed by atoms with van der Waals surface area (Å²) in [5.74, 6) is 1.64. The van der Waals surface area contributed by atoms with Crippen molar-refractivity contribution in [3.05, 3.63) is 23.3 Å². The lowest BCUT2D eigenvalue weighted by molar-refractivity contribution is -0.0447. The van der Waals surface area contributed by atoms with Crippen molar-refractivity contribution in [1.82, 2.24) is 0 Å². The van der Waals surface area contributed by atoms with E-state index in [1.165, 1.54) is 5.47 Å². The molecule has 5 heteroatoms. The minimum absolute atomic E-state index is 0.209. The van der Waals surface area contributed by atoms with E-state index in [0.29, 0.717) is 5.92 Å². The second kappa shape index (κ2) is 9.12. The highest BCUT2D eigenvalue weighted by Gasteiger charge is 2.57. The first kappa shape index (κ1) is 21.8. The summed E-state index contributed by atoms with van der Waals surface area (Å²) in [4.78, 5) is 4.71. The minimum Gasteiger partial charge on any atom is -0.399 e. The van der Waals surface area contributed by atoms with Gasteiger partial charge in [0.2, 0.25) is 0 Å². The molecule has 2 aliphatic rings. The molecule has 26 heavy (non-hydrogen) atoms. The summed E-state index contributed by atoms with van der Waals surface area (Å²) in [7, 11) is -0.260. The van der Waals surface area contributed by atoms with Gasteiger partial charge in [0.15, 0.2) is 0 Å². The summed E-state index contributed by atoms with van der Waals surface area (Å²) >= 11 is 1.79. The molecule has 0 aliphatic carbocycles. The van der Waals surface area contributed by atoms with Crippen LogP contribution in [-0.2, 0) is 9.31 Å². The summed E-state index contributed by atoms with van der Waals surface area (Å²) in [6, 6.07) is 0. The average Bonchev–Trinajstić information content (AvgIpc) is 2.92. The largest absolute Gasteiger partial charge is 0.490 e. The zero-order valence-corrected chi connectivity index (χ0v) is 18.5. The topological polar surface area (TPSA) is 30.8 Å². The van der Waals surface area contributed by atoms with E-state index in [1.54, 1.807) is 11.8 Å². The van der Waals surface area contributed by atoms with Gasteiger partial charge in [0.05, 0.1) is 21.9 Å². The van der Waals surface area contributed by atoms with Crippen LogP contribution < -0.4 is 0 Å². The highest BCUT2D eigenvalue weighted by molar-refractivity contribution is 8.14. The Morgan fingerprint density at radius 3 is 2.46 bits per heavy atom. The molecule has 3 nitrogen and oxygen atoms in total. The van der Waals surface area contributed by atoms with Crippen molar-refractivity contribution in [3.8, 4) is 0 Å². The Hall–Kier alpha value is -0.515. The molecule has 0 amide bonds. The lowest BCUT2D eigenvalue weighted by Gasteiger charge is -2.40. The van der Waals surface area contributed by atoms with Crippen molar-refractivity contribution in [2.45, 2.75) is 91.8 Å². The van der Waals surface area contributed by atoms with Gasteiger partial charge in [-0.25, -0.2) is 4.99 Å². The van der Waals surface area contributed by atoms with Crippen LogP contribution >= 0.6 is 11.8 Å². The summed E-state index contributed by atoms with van der Waals surface area (Å²) < 4.78 is 13.2. The van der Waals surface area contributed by atoms with Crippen molar-refractivity contribution >= 4 is 23.9 Å². The van der Waals surface area contributed by atoms with Crippen molar-refractivity contribution in [2.75, 3.05) is 5.75 Å². The third-order valence-corrected chi connectivity index (χ3v) is 6.84. The first-order chi connectivity index (χ1) is 12.3. The highest BCUT2D eigenvalue weighted by atomic mass is 32.2. The molecule has 1 atom stereocenters. The van der Waals surface area contributed by atoms with Gasteiger partial charge in [-0.05, 0) is 69.5 Å². The van der Waals surface area contributed by atoms with Crippen LogP contribution in [0, 0.1) is 5.92 Å². The Kier molecular flexibility index (Phi) is 7.64. The zero-order chi connectivity index (χ0) is 19.4. The normalized spacial score (nSPS) is 26.3. The number of aliphatic imine (C=N–C) groups is 1. The van der Waals surface area contributed by atoms with Crippen LogP contribution in [0.15, 0.2) is 28.3 Å². The van der Waals surface area contributed by atoms with E-state index in [1.807, 2.05) is 0 Å². The van der Waals surface area contributed by atoms with Crippen molar-refractivity contribution in [2.24, 2.45) is 10.9 Å². The predicted molar refractivity (Wildman–Crippen MR) is 116 cm³/mol. The fraction of sp³-hybridized carbons (Fsp3) is 0.762. The van der Waals surface area contributed by atoms with Crippen molar-refractivity contribution in [3.63, 3.8) is 0 Å². The number of hydrogen-bond acceptors (Lipinski definition) is 4. The van der Waals surface area contributed by atoms with Crippen LogP contribution in [0.5, 0.6) is 0 Å². The van der Waals surface area contributed by atoms with E-state index in [-0.39, 0.29) is 18.3 Å². The molecule has 146 valence electrons. The Bertz CT molecular complexity index is 581. The zero-order valence-electron chi connectivity index (χ0n) is 17.7. The lowest BCUT2D eigenvalue weighted by Crippen LogP contribution is -2.48. The van der Waals surface area contributed by atoms with E-state index in [9.17, 15) is 0 Å². The summed E-state index contributed by atoms with van der Waals surface area (Å²) in [6.07, 6.45) is 9.44. The number of thioether (sulfide) groups is 1. The molecule has 0 saturated carbocycles. The summed E-state index contributed by atoms with van der Waals surface area (Å²) in [5.41, 5.74) is 1.83. The second-order valence-corrected chi connectivity index (χ2v) is 9.29. The molecule has 1 saturated heterocycles. The molecule has 2 aliphatic heterocycles. The fourth-order valence-corrected chi connectivity index (χ4v) is 4.59. The molecule has 1 fully saturated rings. The molecule has 0 aromatic carbocycles. The molecule has 1 unspecified atom stereocenters. The molecule has 0 bridgehead atoms. The first-order valence-electron chi connectivity index (χ1n) is 10.2. The molecule has 0 aromatic rings. The third kappa shape index (κ3) is 4.66. The summed E-state index contributed by atoms with van der Waals surface area (Å²) in [6.45, 7) is 15.5. The Labute approximate surface area is 165 Å². The second-order valence-electron chi connectivity index (χ2n) is 8.08. The van der Waals surface area contributed by atoms with E-state index in [4.69, 9.17) is 14.3 Å². The van der Waals surface area contributed by atoms with Gasteiger partial charge in [0, 0.05) is 5.75 Å². The Morgan fingerprint density at radius 1 is 1.27 bits per heavy atom. The van der Waals surface area contributed by atoms with Crippen LogP contribution in [0.4, 0.5) is 0 Å². The van der Waals surface area contributed by atoms with Gasteiger partial charge >= 0.3 is 7.12 Å². The van der Waals surface area contributed by atoms with Gasteiger partial charge in [-0.15, -0.1) is 11.8 Å². The van der Waals surface area contributed by atoms with Crippen LogP contribution in [0.25, 0.3) is 0 Å². The van der Waals surface area contributed by atoms with E-state index < -0.39 is 0 Å². The maximum absolute atomic E-state index is 6.65. The molecule has 0 spiro atoms. The van der Waals surface area contributed by atoms with Gasteiger partial charge in [-0.1, -0.05) is 34.6 Å². The molecule has 0 aromatic heterocycles. The predicted octanol–water partition coefficient (Wildman–Crippen LogP) is 6.20. The average molecular weight is 377 g/mol. The van der Waals surface area contributed by atoms with Gasteiger partial charge in [0.1, 0.15) is 0 Å². The van der Waals surface area contributed by atoms with E-state index >= 15 is 0 Å². The third-order valence-electron chi connectivity index (χ3n) is 6.00. The number of hydrogen-bond donors (Lipinski definition) is 0. The smallest absolute Gasteiger partial charge is 0.399 e. The van der Waals surface area contributed by atoms with Crippen LogP contribution in [0.2, 0.25) is 0 Å². The lowest BCUT2D eigenvalue weighted by atomic mass is 9.74. The number of allylic oxidation sites excluding steroid dienone is 2. The maximum Gasteiger partial charge on any atom is 0.490 e. The van der Waals surface area contributed by atoms with Crippen LogP contribution in [0.3, 0.4) is 0 Å². The Morgan fingerprint density at radius 2 is 1.96 bits per heavy atom.